The van der Waals surface area contributed by atoms with E-state index in [0.717, 1.165) is 21.4 Å². The van der Waals surface area contributed by atoms with Gasteiger partial charge in [-0.1, -0.05) is 41.9 Å². The van der Waals surface area contributed by atoms with E-state index in [1.807, 2.05) is 37.3 Å². The van der Waals surface area contributed by atoms with Crippen LogP contribution in [-0.4, -0.2) is 7.85 Å². The fraction of sp³-hybridized carbons (Fsp3) is 0.0714. The number of benzene rings is 2. The summed E-state index contributed by atoms with van der Waals surface area (Å²) in [5, 5.41) is 5.10. The van der Waals surface area contributed by atoms with E-state index in [2.05, 4.69) is 13.9 Å². The van der Waals surface area contributed by atoms with Crippen molar-refractivity contribution < 1.29 is 0 Å². The van der Waals surface area contributed by atoms with Gasteiger partial charge in [-0.15, -0.1) is 0 Å². The molecule has 0 saturated carbocycles. The molecule has 1 nitrogen and oxygen atoms in total. The van der Waals surface area contributed by atoms with Gasteiger partial charge in [-0.05, 0) is 17.7 Å². The maximum Gasteiger partial charge on any atom is 0.193 e. The maximum absolute atomic E-state index is 12.2. The van der Waals surface area contributed by atoms with E-state index in [4.69, 9.17) is 0 Å². The van der Waals surface area contributed by atoms with Crippen LogP contribution in [0.3, 0.4) is 0 Å². The number of hydrogen-bond acceptors (Lipinski definition) is 1. The monoisotopic (exact) mass is 206 g/mol. The summed E-state index contributed by atoms with van der Waals surface area (Å²) in [6, 6.07) is 10.1. The molecule has 3 aromatic rings. The molecule has 0 aliphatic heterocycles. The molecule has 0 spiro atoms. The van der Waals surface area contributed by atoms with Gasteiger partial charge in [-0.2, -0.15) is 0 Å². The minimum absolute atomic E-state index is 0.161. The summed E-state index contributed by atoms with van der Waals surface area (Å²) in [6.45, 7) is 1.92. The Labute approximate surface area is 94.1 Å². The smallest absolute Gasteiger partial charge is 0.193 e. The summed E-state index contributed by atoms with van der Waals surface area (Å²) in [5.41, 5.74) is 1.39. The summed E-state index contributed by atoms with van der Waals surface area (Å²) in [6.07, 6.45) is 1.91. The third-order valence-electron chi connectivity index (χ3n) is 3.33. The van der Waals surface area contributed by atoms with Gasteiger partial charge in [-0.25, -0.2) is 0 Å². The van der Waals surface area contributed by atoms with Crippen LogP contribution in [0.4, 0.5) is 0 Å². The molecule has 16 heavy (non-hydrogen) atoms. The first kappa shape index (κ1) is 9.40. The lowest BCUT2D eigenvalue weighted by molar-refractivity contribution is 1.66. The Morgan fingerprint density at radius 3 is 2.56 bits per heavy atom. The van der Waals surface area contributed by atoms with Gasteiger partial charge < -0.3 is 0 Å². The fourth-order valence-electron chi connectivity index (χ4n) is 2.52. The minimum Gasteiger partial charge on any atom is -0.289 e. The average Bonchev–Trinajstić information content (AvgIpc) is 2.57. The molecular formula is C14H11BO. The van der Waals surface area contributed by atoms with Crippen molar-refractivity contribution in [3.63, 3.8) is 0 Å². The van der Waals surface area contributed by atoms with Crippen LogP contribution in [0.5, 0.6) is 0 Å². The van der Waals surface area contributed by atoms with Gasteiger partial charge in [-0.3, -0.25) is 4.79 Å². The first-order valence-electron chi connectivity index (χ1n) is 5.47. The van der Waals surface area contributed by atoms with Gasteiger partial charge in [0.1, 0.15) is 7.85 Å². The van der Waals surface area contributed by atoms with Gasteiger partial charge in [0, 0.05) is 16.0 Å². The molecule has 0 aliphatic carbocycles. The highest BCUT2D eigenvalue weighted by Crippen LogP contribution is 2.20. The van der Waals surface area contributed by atoms with Gasteiger partial charge in [0.15, 0.2) is 5.43 Å². The summed E-state index contributed by atoms with van der Waals surface area (Å²) < 4.78 is 0. The highest BCUT2D eigenvalue weighted by molar-refractivity contribution is 6.40. The molecule has 0 aromatic heterocycles. The van der Waals surface area contributed by atoms with Crippen molar-refractivity contribution in [1.82, 2.24) is 0 Å². The van der Waals surface area contributed by atoms with E-state index in [1.165, 1.54) is 10.8 Å². The summed E-state index contributed by atoms with van der Waals surface area (Å²) in [4.78, 5) is 12.2. The standard InChI is InChI=1S/C14H11BO/c1-2-8-9-4-3-5-10-12(15)7-6-11(13(9)10)14(8)16/h2-7H,15H2,1H3/b8-2-. The van der Waals surface area contributed by atoms with E-state index >= 15 is 0 Å². The minimum atomic E-state index is 0.161. The van der Waals surface area contributed by atoms with Crippen molar-refractivity contribution >= 4 is 40.9 Å². The van der Waals surface area contributed by atoms with Crippen LogP contribution < -0.4 is 16.1 Å². The summed E-state index contributed by atoms with van der Waals surface area (Å²) >= 11 is 0. The van der Waals surface area contributed by atoms with Gasteiger partial charge >= 0.3 is 0 Å². The normalized spacial score (nSPS) is 12.9. The third-order valence-corrected chi connectivity index (χ3v) is 3.33. The zero-order valence-electron chi connectivity index (χ0n) is 9.37. The zero-order chi connectivity index (χ0) is 11.3. The van der Waals surface area contributed by atoms with Crippen LogP contribution in [0.25, 0.3) is 27.6 Å². The molecule has 3 aromatic carbocycles. The molecule has 0 amide bonds. The zero-order valence-corrected chi connectivity index (χ0v) is 9.37. The lowest BCUT2D eigenvalue weighted by Gasteiger charge is -2.01. The Morgan fingerprint density at radius 1 is 1.06 bits per heavy atom. The first-order valence-corrected chi connectivity index (χ1v) is 5.47. The summed E-state index contributed by atoms with van der Waals surface area (Å²) in [5.74, 6) is 0. The van der Waals surface area contributed by atoms with E-state index in [9.17, 15) is 4.79 Å². The van der Waals surface area contributed by atoms with E-state index in [0.29, 0.717) is 0 Å². The predicted octanol–water partition coefficient (Wildman–Crippen LogP) is 0.569. The molecule has 0 atom stereocenters. The molecular weight excluding hydrogens is 195 g/mol. The van der Waals surface area contributed by atoms with Gasteiger partial charge in [0.25, 0.3) is 0 Å². The topological polar surface area (TPSA) is 17.1 Å². The molecule has 76 valence electrons. The molecule has 0 fully saturated rings. The highest BCUT2D eigenvalue weighted by atomic mass is 16.1. The molecule has 0 saturated heterocycles. The average molecular weight is 206 g/mol. The summed E-state index contributed by atoms with van der Waals surface area (Å²) in [7, 11) is 2.08. The van der Waals surface area contributed by atoms with Crippen molar-refractivity contribution in [2.75, 3.05) is 0 Å². The second-order valence-corrected chi connectivity index (χ2v) is 4.19. The Kier molecular flexibility index (Phi) is 1.81. The van der Waals surface area contributed by atoms with Crippen molar-refractivity contribution in [1.29, 1.82) is 0 Å². The molecule has 0 aliphatic rings. The largest absolute Gasteiger partial charge is 0.289 e. The second kappa shape index (κ2) is 3.08. The lowest BCUT2D eigenvalue weighted by Crippen LogP contribution is -2.18. The SMILES string of the molecule is Bc1ccc2c(=O)/c(=C\C)c3cccc1c23. The van der Waals surface area contributed by atoms with E-state index < -0.39 is 0 Å². The van der Waals surface area contributed by atoms with Crippen molar-refractivity contribution in [2.24, 2.45) is 0 Å². The fourth-order valence-corrected chi connectivity index (χ4v) is 2.52. The second-order valence-electron chi connectivity index (χ2n) is 4.19. The van der Waals surface area contributed by atoms with Crippen LogP contribution in [0, 0.1) is 0 Å². The molecule has 0 bridgehead atoms. The predicted molar refractivity (Wildman–Crippen MR) is 72.4 cm³/mol. The molecule has 0 heterocycles. The molecule has 3 rings (SSSR count). The molecule has 0 radical (unpaired) electrons. The number of hydrogen-bond donors (Lipinski definition) is 0. The van der Waals surface area contributed by atoms with Gasteiger partial charge in [0.05, 0.1) is 0 Å². The van der Waals surface area contributed by atoms with E-state index in [-0.39, 0.29) is 5.43 Å². The van der Waals surface area contributed by atoms with Crippen molar-refractivity contribution in [3.05, 3.63) is 45.8 Å². The van der Waals surface area contributed by atoms with Crippen LogP contribution in [0.1, 0.15) is 6.92 Å². The first-order chi connectivity index (χ1) is 7.74. The van der Waals surface area contributed by atoms with Crippen LogP contribution in [0.15, 0.2) is 35.1 Å². The quantitative estimate of drug-likeness (QED) is 0.491. The van der Waals surface area contributed by atoms with E-state index in [1.54, 1.807) is 0 Å². The highest BCUT2D eigenvalue weighted by Gasteiger charge is 2.10. The lowest BCUT2D eigenvalue weighted by atomic mass is 9.89. The van der Waals surface area contributed by atoms with Crippen molar-refractivity contribution in [2.45, 2.75) is 6.92 Å². The van der Waals surface area contributed by atoms with Crippen LogP contribution >= 0.6 is 0 Å². The maximum atomic E-state index is 12.2. The van der Waals surface area contributed by atoms with Gasteiger partial charge in [0.2, 0.25) is 0 Å². The van der Waals surface area contributed by atoms with Crippen LogP contribution in [-0.2, 0) is 0 Å². The van der Waals surface area contributed by atoms with Crippen molar-refractivity contribution in [3.8, 4) is 0 Å². The Bertz CT molecular complexity index is 789. The third kappa shape index (κ3) is 0.991. The molecule has 0 N–H and O–H groups in total. The molecule has 2 heteroatoms. The Balaban J connectivity index is 2.84. The van der Waals surface area contributed by atoms with Crippen LogP contribution in [0.2, 0.25) is 0 Å². The number of rotatable bonds is 0. The molecule has 0 unspecified atom stereocenters. The Hall–Kier alpha value is -1.83. The Morgan fingerprint density at radius 2 is 1.81 bits per heavy atom.